The van der Waals surface area contributed by atoms with E-state index < -0.39 is 0 Å². The van der Waals surface area contributed by atoms with Gasteiger partial charge in [0.1, 0.15) is 0 Å². The van der Waals surface area contributed by atoms with Crippen LogP contribution >= 0.6 is 0 Å². The first-order valence-corrected chi connectivity index (χ1v) is 6.69. The number of imidazole rings is 1. The van der Waals surface area contributed by atoms with E-state index in [9.17, 15) is 0 Å². The summed E-state index contributed by atoms with van der Waals surface area (Å²) in [6.07, 6.45) is 3.52. The predicted octanol–water partition coefficient (Wildman–Crippen LogP) is 4.00. The van der Waals surface area contributed by atoms with Crippen LogP contribution in [0.3, 0.4) is 0 Å². The quantitative estimate of drug-likeness (QED) is 0.747. The van der Waals surface area contributed by atoms with Crippen molar-refractivity contribution in [2.45, 2.75) is 13.5 Å². The van der Waals surface area contributed by atoms with Crippen LogP contribution in [-0.2, 0) is 6.54 Å². The minimum atomic E-state index is 0.837. The molecule has 0 amide bonds. The summed E-state index contributed by atoms with van der Waals surface area (Å²) in [4.78, 5) is 7.14. The van der Waals surface area contributed by atoms with Gasteiger partial charge in [-0.25, -0.2) is 4.98 Å². The number of nitrogens with zero attached hydrogens (tertiary/aromatic N) is 1. The Morgan fingerprint density at radius 2 is 1.75 bits per heavy atom. The zero-order chi connectivity index (χ0) is 13.8. The molecular formula is C17H17N3. The number of aromatic nitrogens is 2. The standard InChI is InChI=1S/C17H17N3/c1-13-2-4-14(5-3-13)10-19-16-8-6-15(7-9-16)17-11-18-12-20-17/h2-9,11-12,19H,10H2,1H3,(H,18,20). The molecule has 20 heavy (non-hydrogen) atoms. The third-order valence-corrected chi connectivity index (χ3v) is 3.31. The van der Waals surface area contributed by atoms with E-state index in [2.05, 4.69) is 70.7 Å². The molecule has 0 radical (unpaired) electrons. The van der Waals surface area contributed by atoms with E-state index in [4.69, 9.17) is 0 Å². The third kappa shape index (κ3) is 2.88. The Morgan fingerprint density at radius 3 is 2.40 bits per heavy atom. The van der Waals surface area contributed by atoms with Crippen molar-refractivity contribution in [1.29, 1.82) is 0 Å². The first-order valence-electron chi connectivity index (χ1n) is 6.69. The molecule has 3 aromatic rings. The van der Waals surface area contributed by atoms with Gasteiger partial charge in [-0.1, -0.05) is 42.0 Å². The summed E-state index contributed by atoms with van der Waals surface area (Å²) in [6.45, 7) is 2.94. The number of aromatic amines is 1. The smallest absolute Gasteiger partial charge is 0.0924 e. The highest BCUT2D eigenvalue weighted by atomic mass is 14.9. The molecule has 0 fully saturated rings. The van der Waals surface area contributed by atoms with Crippen molar-refractivity contribution in [1.82, 2.24) is 9.97 Å². The molecule has 0 atom stereocenters. The summed E-state index contributed by atoms with van der Waals surface area (Å²) in [5.74, 6) is 0. The van der Waals surface area contributed by atoms with E-state index in [1.807, 2.05) is 6.20 Å². The van der Waals surface area contributed by atoms with E-state index in [-0.39, 0.29) is 0 Å². The minimum Gasteiger partial charge on any atom is -0.381 e. The average molecular weight is 263 g/mol. The third-order valence-electron chi connectivity index (χ3n) is 3.31. The van der Waals surface area contributed by atoms with Gasteiger partial charge in [-0.05, 0) is 30.2 Å². The summed E-state index contributed by atoms with van der Waals surface area (Å²) < 4.78 is 0. The molecular weight excluding hydrogens is 246 g/mol. The van der Waals surface area contributed by atoms with Crippen LogP contribution in [0.2, 0.25) is 0 Å². The Balaban J connectivity index is 1.65. The number of hydrogen-bond acceptors (Lipinski definition) is 2. The lowest BCUT2D eigenvalue weighted by Gasteiger charge is -2.07. The van der Waals surface area contributed by atoms with E-state index in [1.165, 1.54) is 11.1 Å². The van der Waals surface area contributed by atoms with E-state index >= 15 is 0 Å². The summed E-state index contributed by atoms with van der Waals surface area (Å²) >= 11 is 0. The highest BCUT2D eigenvalue weighted by Crippen LogP contribution is 2.19. The number of anilines is 1. The molecule has 2 N–H and O–H groups in total. The normalized spacial score (nSPS) is 10.4. The number of rotatable bonds is 4. The van der Waals surface area contributed by atoms with Gasteiger partial charge in [0.2, 0.25) is 0 Å². The number of aryl methyl sites for hydroxylation is 1. The van der Waals surface area contributed by atoms with Crippen LogP contribution in [0.25, 0.3) is 11.3 Å². The maximum Gasteiger partial charge on any atom is 0.0924 e. The number of nitrogens with one attached hydrogen (secondary N) is 2. The molecule has 3 heteroatoms. The maximum absolute atomic E-state index is 4.03. The van der Waals surface area contributed by atoms with Crippen LogP contribution < -0.4 is 5.32 Å². The minimum absolute atomic E-state index is 0.837. The Bertz CT molecular complexity index is 652. The Hall–Kier alpha value is -2.55. The SMILES string of the molecule is Cc1ccc(CNc2ccc(-c3cnc[nH]3)cc2)cc1. The van der Waals surface area contributed by atoms with E-state index in [0.29, 0.717) is 0 Å². The van der Waals surface area contributed by atoms with Crippen molar-refractivity contribution in [3.8, 4) is 11.3 Å². The van der Waals surface area contributed by atoms with Crippen molar-refractivity contribution in [3.05, 3.63) is 72.2 Å². The lowest BCUT2D eigenvalue weighted by Crippen LogP contribution is -1.99. The van der Waals surface area contributed by atoms with E-state index in [1.54, 1.807) is 6.33 Å². The first kappa shape index (κ1) is 12.5. The molecule has 3 nitrogen and oxygen atoms in total. The molecule has 3 rings (SSSR count). The number of H-pyrrole nitrogens is 1. The van der Waals surface area contributed by atoms with Gasteiger partial charge in [0.05, 0.1) is 18.2 Å². The van der Waals surface area contributed by atoms with E-state index in [0.717, 1.165) is 23.5 Å². The highest BCUT2D eigenvalue weighted by molar-refractivity contribution is 5.61. The summed E-state index contributed by atoms with van der Waals surface area (Å²) in [7, 11) is 0. The topological polar surface area (TPSA) is 40.7 Å². The fourth-order valence-electron chi connectivity index (χ4n) is 2.09. The molecule has 0 unspecified atom stereocenters. The molecule has 100 valence electrons. The van der Waals surface area contributed by atoms with Gasteiger partial charge in [-0.3, -0.25) is 0 Å². The van der Waals surface area contributed by atoms with Crippen molar-refractivity contribution >= 4 is 5.69 Å². The van der Waals surface area contributed by atoms with Crippen LogP contribution in [-0.4, -0.2) is 9.97 Å². The van der Waals surface area contributed by atoms with Gasteiger partial charge >= 0.3 is 0 Å². The van der Waals surface area contributed by atoms with Crippen molar-refractivity contribution < 1.29 is 0 Å². The second-order valence-electron chi connectivity index (χ2n) is 4.88. The second kappa shape index (κ2) is 5.61. The summed E-state index contributed by atoms with van der Waals surface area (Å²) in [5, 5.41) is 3.43. The molecule has 0 saturated carbocycles. The van der Waals surface area contributed by atoms with Crippen LogP contribution in [0.1, 0.15) is 11.1 Å². The molecule has 0 aliphatic heterocycles. The second-order valence-corrected chi connectivity index (χ2v) is 4.88. The molecule has 1 aromatic heterocycles. The number of benzene rings is 2. The number of hydrogen-bond donors (Lipinski definition) is 2. The van der Waals surface area contributed by atoms with Crippen LogP contribution in [0, 0.1) is 6.92 Å². The Morgan fingerprint density at radius 1 is 1.00 bits per heavy atom. The van der Waals surface area contributed by atoms with Crippen LogP contribution in [0.5, 0.6) is 0 Å². The highest BCUT2D eigenvalue weighted by Gasteiger charge is 1.99. The van der Waals surface area contributed by atoms with Crippen LogP contribution in [0.4, 0.5) is 5.69 Å². The van der Waals surface area contributed by atoms with Crippen molar-refractivity contribution in [2.24, 2.45) is 0 Å². The average Bonchev–Trinajstić information content (AvgIpc) is 3.01. The van der Waals surface area contributed by atoms with Crippen molar-refractivity contribution in [2.75, 3.05) is 5.32 Å². The largest absolute Gasteiger partial charge is 0.381 e. The van der Waals surface area contributed by atoms with Crippen molar-refractivity contribution in [3.63, 3.8) is 0 Å². The zero-order valence-electron chi connectivity index (χ0n) is 11.4. The molecule has 0 aliphatic rings. The summed E-state index contributed by atoms with van der Waals surface area (Å²) in [6, 6.07) is 16.9. The molecule has 0 spiro atoms. The Labute approximate surface area is 118 Å². The first-order chi connectivity index (χ1) is 9.81. The molecule has 0 bridgehead atoms. The molecule has 0 aliphatic carbocycles. The van der Waals surface area contributed by atoms with Gasteiger partial charge in [0.15, 0.2) is 0 Å². The zero-order valence-corrected chi connectivity index (χ0v) is 11.4. The van der Waals surface area contributed by atoms with Gasteiger partial charge in [-0.2, -0.15) is 0 Å². The monoisotopic (exact) mass is 263 g/mol. The van der Waals surface area contributed by atoms with Gasteiger partial charge in [0.25, 0.3) is 0 Å². The maximum atomic E-state index is 4.03. The molecule has 2 aromatic carbocycles. The van der Waals surface area contributed by atoms with Gasteiger partial charge < -0.3 is 10.3 Å². The van der Waals surface area contributed by atoms with Gasteiger partial charge in [-0.15, -0.1) is 0 Å². The van der Waals surface area contributed by atoms with Gasteiger partial charge in [0, 0.05) is 12.2 Å². The molecule has 1 heterocycles. The predicted molar refractivity (Wildman–Crippen MR) is 82.5 cm³/mol. The summed E-state index contributed by atoms with van der Waals surface area (Å²) in [5.41, 5.74) is 5.87. The Kier molecular flexibility index (Phi) is 3.50. The fourth-order valence-corrected chi connectivity index (χ4v) is 2.09. The van der Waals surface area contributed by atoms with Crippen LogP contribution in [0.15, 0.2) is 61.1 Å². The fraction of sp³-hybridized carbons (Fsp3) is 0.118. The lowest BCUT2D eigenvalue weighted by atomic mass is 10.1. The molecule has 0 saturated heterocycles. The lowest BCUT2D eigenvalue weighted by molar-refractivity contribution is 1.14.